The summed E-state index contributed by atoms with van der Waals surface area (Å²) in [5.41, 5.74) is 5.80. The monoisotopic (exact) mass is 639 g/mol. The Hall–Kier alpha value is -3.23. The molecule has 1 aliphatic carbocycles. The number of hydrogen-bond donors (Lipinski definition) is 1. The summed E-state index contributed by atoms with van der Waals surface area (Å²) in [6.07, 6.45) is 5.48. The first kappa shape index (κ1) is 27.6. The molecule has 4 aromatic carbocycles. The van der Waals surface area contributed by atoms with E-state index in [4.69, 9.17) is 0 Å². The van der Waals surface area contributed by atoms with Crippen molar-refractivity contribution in [1.82, 2.24) is 9.21 Å². The fourth-order valence-corrected chi connectivity index (χ4v) is 8.69. The summed E-state index contributed by atoms with van der Waals surface area (Å²) in [7, 11) is -3.62. The molecule has 4 aromatic rings. The Kier molecular flexibility index (Phi) is 7.53. The van der Waals surface area contributed by atoms with Crippen molar-refractivity contribution in [2.75, 3.05) is 31.5 Å². The number of anilines is 1. The van der Waals surface area contributed by atoms with Gasteiger partial charge in [-0.15, -0.1) is 0 Å². The second-order valence-electron chi connectivity index (χ2n) is 11.4. The third kappa shape index (κ3) is 5.13. The molecule has 1 N–H and O–H groups in total. The molecule has 214 valence electrons. The molecule has 7 heteroatoms. The van der Waals surface area contributed by atoms with Crippen LogP contribution in [0.2, 0.25) is 0 Å². The smallest absolute Gasteiger partial charge is 0.243 e. The van der Waals surface area contributed by atoms with Crippen LogP contribution in [0.1, 0.15) is 46.7 Å². The van der Waals surface area contributed by atoms with Crippen molar-refractivity contribution >= 4 is 31.6 Å². The topological polar surface area (TPSA) is 52.7 Å². The number of halogens is 1. The van der Waals surface area contributed by atoms with Gasteiger partial charge >= 0.3 is 0 Å². The van der Waals surface area contributed by atoms with Gasteiger partial charge in [-0.05, 0) is 64.9 Å². The normalized spacial score (nSPS) is 22.5. The van der Waals surface area contributed by atoms with E-state index in [2.05, 4.69) is 111 Å². The minimum atomic E-state index is -3.62. The number of hydrogen-bond acceptors (Lipinski definition) is 4. The number of piperazine rings is 1. The molecule has 3 aliphatic rings. The Morgan fingerprint density at radius 1 is 0.786 bits per heavy atom. The number of benzene rings is 4. The predicted octanol–water partition coefficient (Wildman–Crippen LogP) is 7.37. The zero-order valence-electron chi connectivity index (χ0n) is 23.3. The molecular formula is C35H34BrN3O2S. The predicted molar refractivity (Wildman–Crippen MR) is 172 cm³/mol. The molecule has 1 fully saturated rings. The van der Waals surface area contributed by atoms with E-state index in [0.717, 1.165) is 22.1 Å². The largest absolute Gasteiger partial charge is 0.378 e. The zero-order valence-corrected chi connectivity index (χ0v) is 25.7. The van der Waals surface area contributed by atoms with E-state index in [1.165, 1.54) is 16.7 Å². The van der Waals surface area contributed by atoms with Crippen LogP contribution < -0.4 is 5.32 Å². The van der Waals surface area contributed by atoms with Crippen LogP contribution in [-0.4, -0.2) is 43.8 Å². The van der Waals surface area contributed by atoms with Gasteiger partial charge in [0, 0.05) is 42.3 Å². The number of rotatable bonds is 6. The van der Waals surface area contributed by atoms with Crippen molar-refractivity contribution in [2.24, 2.45) is 5.92 Å². The van der Waals surface area contributed by atoms with E-state index in [9.17, 15) is 8.42 Å². The fraction of sp³-hybridized carbons (Fsp3) is 0.257. The van der Waals surface area contributed by atoms with Crippen LogP contribution in [0.4, 0.5) is 5.69 Å². The molecule has 42 heavy (non-hydrogen) atoms. The molecular weight excluding hydrogens is 606 g/mol. The molecule has 2 aliphatic heterocycles. The van der Waals surface area contributed by atoms with Gasteiger partial charge in [-0.3, -0.25) is 4.90 Å². The van der Waals surface area contributed by atoms with Gasteiger partial charge in [0.05, 0.1) is 17.0 Å². The highest BCUT2D eigenvalue weighted by molar-refractivity contribution is 9.10. The van der Waals surface area contributed by atoms with Crippen molar-refractivity contribution in [3.05, 3.63) is 142 Å². The zero-order chi connectivity index (χ0) is 28.7. The lowest BCUT2D eigenvalue weighted by atomic mass is 9.77. The number of fused-ring (bicyclic) bond motifs is 3. The first-order valence-corrected chi connectivity index (χ1v) is 16.9. The molecule has 3 atom stereocenters. The summed E-state index contributed by atoms with van der Waals surface area (Å²) >= 11 is 3.55. The van der Waals surface area contributed by atoms with Crippen molar-refractivity contribution in [3.63, 3.8) is 0 Å². The fourth-order valence-electron chi connectivity index (χ4n) is 6.97. The van der Waals surface area contributed by atoms with Gasteiger partial charge in [0.25, 0.3) is 0 Å². The van der Waals surface area contributed by atoms with Crippen LogP contribution in [0.25, 0.3) is 0 Å². The number of allylic oxidation sites excluding steroid dienone is 2. The number of nitrogens with one attached hydrogen (secondary N) is 1. The third-order valence-electron chi connectivity index (χ3n) is 9.07. The van der Waals surface area contributed by atoms with Gasteiger partial charge in [-0.2, -0.15) is 4.31 Å². The third-order valence-corrected chi connectivity index (χ3v) is 11.5. The number of nitrogens with zero attached hydrogens (tertiary/aromatic N) is 2. The molecule has 0 aromatic heterocycles. The van der Waals surface area contributed by atoms with Crippen LogP contribution in [0.15, 0.2) is 125 Å². The highest BCUT2D eigenvalue weighted by atomic mass is 79.9. The second kappa shape index (κ2) is 11.5. The second-order valence-corrected chi connectivity index (χ2v) is 14.3. The maximum atomic E-state index is 14.0. The first-order valence-electron chi connectivity index (χ1n) is 14.7. The average Bonchev–Trinajstić information content (AvgIpc) is 3.53. The summed E-state index contributed by atoms with van der Waals surface area (Å²) in [6.45, 7) is 2.27. The molecule has 7 rings (SSSR count). The summed E-state index contributed by atoms with van der Waals surface area (Å²) < 4.78 is 30.7. The molecule has 0 radical (unpaired) electrons. The van der Waals surface area contributed by atoms with Crippen molar-refractivity contribution in [3.8, 4) is 0 Å². The molecule has 2 heterocycles. The summed E-state index contributed by atoms with van der Waals surface area (Å²) in [5, 5.41) is 3.74. The molecule has 1 saturated heterocycles. The quantitative estimate of drug-likeness (QED) is 0.224. The van der Waals surface area contributed by atoms with Gasteiger partial charge in [0.15, 0.2) is 0 Å². The summed E-state index contributed by atoms with van der Waals surface area (Å²) in [5.74, 6) is 0.549. The van der Waals surface area contributed by atoms with E-state index in [-0.39, 0.29) is 18.0 Å². The summed E-state index contributed by atoms with van der Waals surface area (Å²) in [6, 6.07) is 35.5. The molecule has 0 amide bonds. The maximum Gasteiger partial charge on any atom is 0.243 e. The molecule has 3 unspecified atom stereocenters. The Bertz CT molecular complexity index is 1650. The van der Waals surface area contributed by atoms with Crippen LogP contribution in [0, 0.1) is 5.92 Å². The van der Waals surface area contributed by atoms with Gasteiger partial charge in [-0.1, -0.05) is 101 Å². The minimum absolute atomic E-state index is 0.0943. The van der Waals surface area contributed by atoms with Gasteiger partial charge in [0.1, 0.15) is 0 Å². The van der Waals surface area contributed by atoms with Crippen LogP contribution in [0.3, 0.4) is 0 Å². The highest BCUT2D eigenvalue weighted by Gasteiger charge is 2.39. The minimum Gasteiger partial charge on any atom is -0.378 e. The Morgan fingerprint density at radius 3 is 2.07 bits per heavy atom. The SMILES string of the molecule is O=S(=O)(c1ccc2c(c1)C1C=CCC1C(c1ccc(Br)cc1)N2)N1CCN(C(c2ccccc2)c2ccccc2)CC1. The van der Waals surface area contributed by atoms with Gasteiger partial charge in [0.2, 0.25) is 10.0 Å². The maximum absolute atomic E-state index is 14.0. The van der Waals surface area contributed by atoms with Crippen LogP contribution in [0.5, 0.6) is 0 Å². The highest BCUT2D eigenvalue weighted by Crippen LogP contribution is 2.50. The van der Waals surface area contributed by atoms with Crippen molar-refractivity contribution < 1.29 is 8.42 Å². The van der Waals surface area contributed by atoms with Crippen molar-refractivity contribution in [2.45, 2.75) is 29.3 Å². The van der Waals surface area contributed by atoms with Crippen molar-refractivity contribution in [1.29, 1.82) is 0 Å². The Morgan fingerprint density at radius 2 is 1.43 bits per heavy atom. The number of sulfonamides is 1. The van der Waals surface area contributed by atoms with E-state index in [1.54, 1.807) is 10.4 Å². The van der Waals surface area contributed by atoms with Crippen LogP contribution in [-0.2, 0) is 10.0 Å². The lowest BCUT2D eigenvalue weighted by Crippen LogP contribution is -2.49. The van der Waals surface area contributed by atoms with Gasteiger partial charge in [-0.25, -0.2) is 8.42 Å². The molecule has 5 nitrogen and oxygen atoms in total. The molecule has 0 spiro atoms. The van der Waals surface area contributed by atoms with Crippen LogP contribution >= 0.6 is 15.9 Å². The van der Waals surface area contributed by atoms with E-state index in [1.807, 2.05) is 24.3 Å². The van der Waals surface area contributed by atoms with Gasteiger partial charge < -0.3 is 5.32 Å². The Balaban J connectivity index is 1.12. The van der Waals surface area contributed by atoms with E-state index in [0.29, 0.717) is 37.0 Å². The molecule has 0 saturated carbocycles. The summed E-state index contributed by atoms with van der Waals surface area (Å²) in [4.78, 5) is 2.80. The average molecular weight is 641 g/mol. The van der Waals surface area contributed by atoms with E-state index < -0.39 is 10.0 Å². The molecule has 0 bridgehead atoms. The Labute approximate surface area is 257 Å². The lowest BCUT2D eigenvalue weighted by Gasteiger charge is -2.40. The first-order chi connectivity index (χ1) is 20.5. The lowest BCUT2D eigenvalue weighted by molar-refractivity contribution is 0.156. The van der Waals surface area contributed by atoms with E-state index >= 15 is 0 Å². The standard InChI is InChI=1S/C35H34BrN3O2S/c36-28-16-14-25(15-17-28)34-31-13-7-12-30(31)32-24-29(18-19-33(32)37-34)42(40,41)39-22-20-38(21-23-39)35(26-8-3-1-4-9-26)27-10-5-2-6-11-27/h1-12,14-19,24,30-31,34-35,37H,13,20-23H2.